The number of rotatable bonds is 8. The Balaban J connectivity index is 1.36. The molecule has 4 aromatic carbocycles. The van der Waals surface area contributed by atoms with E-state index >= 15 is 0 Å². The van der Waals surface area contributed by atoms with Crippen LogP contribution in [0.25, 0.3) is 28.4 Å². The van der Waals surface area contributed by atoms with Crippen molar-refractivity contribution in [3.63, 3.8) is 0 Å². The Labute approximate surface area is 227 Å². The van der Waals surface area contributed by atoms with Crippen LogP contribution in [0.2, 0.25) is 0 Å². The Morgan fingerprint density at radius 3 is 2.18 bits per heavy atom. The third-order valence-corrected chi connectivity index (χ3v) is 6.51. The van der Waals surface area contributed by atoms with E-state index in [1.807, 2.05) is 42.5 Å². The minimum absolute atomic E-state index is 0.139. The van der Waals surface area contributed by atoms with Crippen molar-refractivity contribution in [2.24, 2.45) is 0 Å². The highest BCUT2D eigenvalue weighted by molar-refractivity contribution is 6.10. The van der Waals surface area contributed by atoms with Gasteiger partial charge in [-0.3, -0.25) is 4.79 Å². The largest absolute Gasteiger partial charge is 0.497 e. The number of hydrogen-bond donors (Lipinski definition) is 0. The van der Waals surface area contributed by atoms with Crippen molar-refractivity contribution < 1.29 is 23.5 Å². The molecule has 0 unspecified atom stereocenters. The number of esters is 1. The third-order valence-electron chi connectivity index (χ3n) is 6.51. The van der Waals surface area contributed by atoms with Crippen molar-refractivity contribution in [3.05, 3.63) is 125 Å². The number of carbonyl (C=O) groups excluding carboxylic acids is 2. The van der Waals surface area contributed by atoms with Gasteiger partial charge in [0.25, 0.3) is 0 Å². The van der Waals surface area contributed by atoms with Crippen LogP contribution in [0.5, 0.6) is 11.5 Å². The Bertz CT molecular complexity index is 1640. The molecule has 0 aliphatic heterocycles. The summed E-state index contributed by atoms with van der Waals surface area (Å²) in [6.07, 6.45) is 3.34. The zero-order valence-corrected chi connectivity index (χ0v) is 22.0. The van der Waals surface area contributed by atoms with E-state index in [4.69, 9.17) is 13.9 Å². The van der Waals surface area contributed by atoms with Gasteiger partial charge in [-0.1, -0.05) is 74.5 Å². The fraction of sp³-hybridized carbons (Fsp3) is 0.118. The maximum Gasteiger partial charge on any atom is 0.348 e. The molecule has 0 N–H and O–H groups in total. The van der Waals surface area contributed by atoms with Gasteiger partial charge in [0.1, 0.15) is 28.4 Å². The van der Waals surface area contributed by atoms with Gasteiger partial charge in [0.05, 0.1) is 7.11 Å². The van der Waals surface area contributed by atoms with Gasteiger partial charge in [0.15, 0.2) is 5.78 Å². The highest BCUT2D eigenvalue weighted by Gasteiger charge is 2.24. The number of carbonyl (C=O) groups is 2. The molecule has 0 saturated carbocycles. The van der Waals surface area contributed by atoms with Crippen molar-refractivity contribution in [2.45, 2.75) is 19.8 Å². The average Bonchev–Trinajstić information content (AvgIpc) is 3.36. The zero-order valence-electron chi connectivity index (χ0n) is 22.0. The molecule has 0 aliphatic carbocycles. The second-order valence-electron chi connectivity index (χ2n) is 9.47. The summed E-state index contributed by atoms with van der Waals surface area (Å²) in [5.74, 6) is 1.09. The molecular formula is C34H28O5. The van der Waals surface area contributed by atoms with Crippen LogP contribution in [-0.4, -0.2) is 18.9 Å². The molecule has 194 valence electrons. The highest BCUT2D eigenvalue weighted by atomic mass is 16.5. The van der Waals surface area contributed by atoms with Crippen molar-refractivity contribution in [3.8, 4) is 22.8 Å². The maximum absolute atomic E-state index is 13.4. The molecule has 0 atom stereocenters. The van der Waals surface area contributed by atoms with Gasteiger partial charge in [0.2, 0.25) is 0 Å². The number of allylic oxidation sites excluding steroid dienone is 1. The van der Waals surface area contributed by atoms with Crippen LogP contribution in [0.3, 0.4) is 0 Å². The second-order valence-corrected chi connectivity index (χ2v) is 9.47. The molecule has 1 heterocycles. The van der Waals surface area contributed by atoms with E-state index in [1.54, 1.807) is 61.7 Å². The summed E-state index contributed by atoms with van der Waals surface area (Å²) in [4.78, 5) is 26.1. The van der Waals surface area contributed by atoms with Gasteiger partial charge in [0, 0.05) is 16.5 Å². The number of ether oxygens (including phenoxy) is 2. The molecular weight excluding hydrogens is 488 g/mol. The number of fused-ring (bicyclic) bond motifs is 1. The zero-order chi connectivity index (χ0) is 27.4. The van der Waals surface area contributed by atoms with Crippen molar-refractivity contribution in [2.75, 3.05) is 7.11 Å². The van der Waals surface area contributed by atoms with Gasteiger partial charge in [-0.2, -0.15) is 0 Å². The monoisotopic (exact) mass is 516 g/mol. The first-order valence-corrected chi connectivity index (χ1v) is 12.7. The van der Waals surface area contributed by atoms with E-state index in [0.717, 1.165) is 11.1 Å². The van der Waals surface area contributed by atoms with E-state index in [0.29, 0.717) is 45.3 Å². The molecule has 5 rings (SSSR count). The fourth-order valence-corrected chi connectivity index (χ4v) is 4.30. The summed E-state index contributed by atoms with van der Waals surface area (Å²) in [7, 11) is 1.57. The van der Waals surface area contributed by atoms with Crippen LogP contribution in [0.15, 0.2) is 108 Å². The van der Waals surface area contributed by atoms with E-state index < -0.39 is 5.97 Å². The quantitative estimate of drug-likeness (QED) is 0.0897. The van der Waals surface area contributed by atoms with Crippen LogP contribution >= 0.6 is 0 Å². The molecule has 0 amide bonds. The first-order chi connectivity index (χ1) is 18.9. The van der Waals surface area contributed by atoms with Crippen LogP contribution in [0.4, 0.5) is 0 Å². The topological polar surface area (TPSA) is 65.7 Å². The Morgan fingerprint density at radius 2 is 1.51 bits per heavy atom. The van der Waals surface area contributed by atoms with Crippen LogP contribution in [0.1, 0.15) is 51.6 Å². The first kappa shape index (κ1) is 25.7. The molecule has 0 spiro atoms. The molecule has 1 aromatic heterocycles. The Morgan fingerprint density at radius 1 is 0.821 bits per heavy atom. The number of hydrogen-bond acceptors (Lipinski definition) is 5. The van der Waals surface area contributed by atoms with E-state index in [1.165, 1.54) is 5.56 Å². The second kappa shape index (κ2) is 11.2. The summed E-state index contributed by atoms with van der Waals surface area (Å²) < 4.78 is 17.2. The summed E-state index contributed by atoms with van der Waals surface area (Å²) in [5, 5.41) is 0.594. The van der Waals surface area contributed by atoms with Gasteiger partial charge in [-0.25, -0.2) is 4.79 Å². The third kappa shape index (κ3) is 5.68. The lowest BCUT2D eigenvalue weighted by Crippen LogP contribution is -2.09. The van der Waals surface area contributed by atoms with E-state index in [2.05, 4.69) is 26.0 Å². The number of ketones is 1. The standard InChI is InChI=1S/C34H28O5/c1-22(2)24-12-9-23(10-13-24)11-19-30(35)25-14-16-27(17-15-25)38-34(36)32-29-21-28(37-3)18-20-31(29)39-33(32)26-7-5-4-6-8-26/h4-22H,1-3H3. The number of benzene rings is 4. The van der Waals surface area contributed by atoms with Gasteiger partial charge < -0.3 is 13.9 Å². The summed E-state index contributed by atoms with van der Waals surface area (Å²) in [5.41, 5.74) is 4.31. The first-order valence-electron chi connectivity index (χ1n) is 12.7. The molecule has 39 heavy (non-hydrogen) atoms. The van der Waals surface area contributed by atoms with Gasteiger partial charge >= 0.3 is 5.97 Å². The van der Waals surface area contributed by atoms with Crippen LogP contribution in [-0.2, 0) is 0 Å². The minimum atomic E-state index is -0.565. The predicted octanol–water partition coefficient (Wildman–Crippen LogP) is 8.35. The molecule has 0 saturated heterocycles. The lowest BCUT2D eigenvalue weighted by atomic mass is 10.0. The molecule has 0 aliphatic rings. The van der Waals surface area contributed by atoms with Crippen molar-refractivity contribution in [1.29, 1.82) is 0 Å². The number of methoxy groups -OCH3 is 1. The van der Waals surface area contributed by atoms with Gasteiger partial charge in [-0.05, 0) is 65.6 Å². The average molecular weight is 517 g/mol. The van der Waals surface area contributed by atoms with Gasteiger partial charge in [-0.15, -0.1) is 0 Å². The molecule has 5 nitrogen and oxygen atoms in total. The lowest BCUT2D eigenvalue weighted by molar-refractivity contribution is 0.0737. The summed E-state index contributed by atoms with van der Waals surface area (Å²) >= 11 is 0. The van der Waals surface area contributed by atoms with Crippen molar-refractivity contribution in [1.82, 2.24) is 0 Å². The molecule has 5 heteroatoms. The number of furan rings is 1. The van der Waals surface area contributed by atoms with E-state index in [9.17, 15) is 9.59 Å². The minimum Gasteiger partial charge on any atom is -0.497 e. The van der Waals surface area contributed by atoms with Crippen LogP contribution in [0, 0.1) is 0 Å². The summed E-state index contributed by atoms with van der Waals surface area (Å²) in [6.45, 7) is 4.29. The molecule has 0 bridgehead atoms. The lowest BCUT2D eigenvalue weighted by Gasteiger charge is -2.07. The molecule has 0 radical (unpaired) electrons. The smallest absolute Gasteiger partial charge is 0.348 e. The molecule has 0 fully saturated rings. The SMILES string of the molecule is COc1ccc2oc(-c3ccccc3)c(C(=O)Oc3ccc(C(=O)C=Cc4ccc(C(C)C)cc4)cc3)c2c1. The summed E-state index contributed by atoms with van der Waals surface area (Å²) in [6, 6.07) is 29.4. The fourth-order valence-electron chi connectivity index (χ4n) is 4.30. The maximum atomic E-state index is 13.4. The predicted molar refractivity (Wildman–Crippen MR) is 153 cm³/mol. The Hall–Kier alpha value is -4.90. The normalized spacial score (nSPS) is 11.3. The Kier molecular flexibility index (Phi) is 7.41. The molecule has 5 aromatic rings. The van der Waals surface area contributed by atoms with Crippen LogP contribution < -0.4 is 9.47 Å². The highest BCUT2D eigenvalue weighted by Crippen LogP contribution is 2.36. The van der Waals surface area contributed by atoms with E-state index in [-0.39, 0.29) is 5.78 Å². The van der Waals surface area contributed by atoms with Crippen molar-refractivity contribution >= 4 is 28.8 Å².